The number of pyridine rings is 1. The van der Waals surface area contributed by atoms with E-state index in [4.69, 9.17) is 27.9 Å². The molecule has 8 nitrogen and oxygen atoms in total. The Hall–Kier alpha value is -2.72. The van der Waals surface area contributed by atoms with Gasteiger partial charge in [0.25, 0.3) is 5.91 Å². The third-order valence-electron chi connectivity index (χ3n) is 4.16. The Morgan fingerprint density at radius 2 is 1.81 bits per heavy atom. The van der Waals surface area contributed by atoms with Gasteiger partial charge in [-0.15, -0.1) is 0 Å². The lowest BCUT2D eigenvalue weighted by Crippen LogP contribution is -2.36. The van der Waals surface area contributed by atoms with E-state index < -0.39 is 34.5 Å². The lowest BCUT2D eigenvalue weighted by molar-refractivity contribution is -0.151. The number of aromatic nitrogens is 1. The molecule has 0 aliphatic carbocycles. The number of rotatable bonds is 7. The highest BCUT2D eigenvalue weighted by molar-refractivity contribution is 7.89. The summed E-state index contributed by atoms with van der Waals surface area (Å²) in [6.45, 7) is 0.682. The minimum absolute atomic E-state index is 0.00764. The summed E-state index contributed by atoms with van der Waals surface area (Å²) < 4.78 is 32.1. The third-order valence-corrected chi connectivity index (χ3v) is 6.06. The predicted octanol–water partition coefficient (Wildman–Crippen LogP) is 3.39. The molecule has 0 aliphatic rings. The van der Waals surface area contributed by atoms with Gasteiger partial charge in [-0.05, 0) is 35.9 Å². The summed E-state index contributed by atoms with van der Waals surface area (Å²) in [5, 5.41) is 4.44. The summed E-state index contributed by atoms with van der Waals surface area (Å²) in [5.41, 5.74) is 0. The number of benzene rings is 2. The second-order valence-electron chi connectivity index (χ2n) is 6.44. The van der Waals surface area contributed by atoms with Crippen LogP contribution in [0.15, 0.2) is 59.6 Å². The summed E-state index contributed by atoms with van der Waals surface area (Å²) in [4.78, 5) is 28.1. The first-order valence-electron chi connectivity index (χ1n) is 8.95. The molecule has 0 bridgehead atoms. The van der Waals surface area contributed by atoms with Crippen LogP contribution in [0.1, 0.15) is 6.92 Å². The van der Waals surface area contributed by atoms with E-state index in [1.54, 1.807) is 18.2 Å². The quantitative estimate of drug-likeness (QED) is 0.499. The molecule has 162 valence electrons. The molecule has 0 spiro atoms. The van der Waals surface area contributed by atoms with E-state index in [2.05, 4.69) is 15.0 Å². The average molecular weight is 482 g/mol. The number of nitrogens with zero attached hydrogens (tertiary/aromatic N) is 1. The van der Waals surface area contributed by atoms with Crippen LogP contribution >= 0.6 is 23.2 Å². The zero-order valence-electron chi connectivity index (χ0n) is 16.1. The van der Waals surface area contributed by atoms with Crippen LogP contribution in [0.25, 0.3) is 10.8 Å². The summed E-state index contributed by atoms with van der Waals surface area (Å²) in [5.74, 6) is -1.57. The van der Waals surface area contributed by atoms with Gasteiger partial charge in [0.1, 0.15) is 6.54 Å². The van der Waals surface area contributed by atoms with Crippen LogP contribution in [0, 0.1) is 0 Å². The zero-order chi connectivity index (χ0) is 22.6. The normalized spacial score (nSPS) is 12.4. The third kappa shape index (κ3) is 5.92. The van der Waals surface area contributed by atoms with Crippen molar-refractivity contribution in [2.75, 3.05) is 11.9 Å². The molecular weight excluding hydrogens is 465 g/mol. The number of sulfonamides is 1. The molecular formula is C20H17Cl2N3O5S. The van der Waals surface area contributed by atoms with Crippen LogP contribution in [0.5, 0.6) is 0 Å². The monoisotopic (exact) mass is 481 g/mol. The number of carbonyl (C=O) groups is 2. The van der Waals surface area contributed by atoms with Crippen LogP contribution in [-0.4, -0.2) is 37.9 Å². The molecule has 0 saturated heterocycles. The van der Waals surface area contributed by atoms with Crippen LogP contribution < -0.4 is 10.0 Å². The first kappa shape index (κ1) is 23.0. The van der Waals surface area contributed by atoms with E-state index in [-0.39, 0.29) is 15.7 Å². The van der Waals surface area contributed by atoms with Crippen molar-refractivity contribution in [3.8, 4) is 0 Å². The number of hydrogen-bond acceptors (Lipinski definition) is 6. The Morgan fingerprint density at radius 3 is 2.52 bits per heavy atom. The molecule has 0 radical (unpaired) electrons. The van der Waals surface area contributed by atoms with Crippen molar-refractivity contribution in [2.24, 2.45) is 0 Å². The van der Waals surface area contributed by atoms with E-state index in [0.717, 1.165) is 10.8 Å². The molecule has 1 amide bonds. The number of esters is 1. The largest absolute Gasteiger partial charge is 0.452 e. The molecule has 2 N–H and O–H groups in total. The standard InChI is InChI=1S/C20H17Cl2N3O5S/c1-12(20(27)25-19-17(22)9-15(21)10-23-19)30-18(26)11-24-31(28,29)16-7-6-13-4-2-3-5-14(13)8-16/h2-10,12,24H,11H2,1H3,(H,23,25,27)/t12-/m1/s1. The molecule has 1 heterocycles. The average Bonchev–Trinajstić information content (AvgIpc) is 2.74. The lowest BCUT2D eigenvalue weighted by atomic mass is 10.1. The van der Waals surface area contributed by atoms with Crippen LogP contribution in [0.4, 0.5) is 5.82 Å². The smallest absolute Gasteiger partial charge is 0.321 e. The maximum absolute atomic E-state index is 12.5. The molecule has 3 rings (SSSR count). The van der Waals surface area contributed by atoms with E-state index >= 15 is 0 Å². The van der Waals surface area contributed by atoms with Crippen molar-refractivity contribution in [3.63, 3.8) is 0 Å². The molecule has 1 atom stereocenters. The van der Waals surface area contributed by atoms with Gasteiger partial charge in [-0.25, -0.2) is 13.4 Å². The molecule has 0 aliphatic heterocycles. The fourth-order valence-electron chi connectivity index (χ4n) is 2.59. The van der Waals surface area contributed by atoms with Gasteiger partial charge in [0.15, 0.2) is 11.9 Å². The Balaban J connectivity index is 1.57. The van der Waals surface area contributed by atoms with Crippen LogP contribution in [-0.2, 0) is 24.3 Å². The molecule has 0 saturated carbocycles. The number of anilines is 1. The Morgan fingerprint density at radius 1 is 1.10 bits per heavy atom. The fourth-order valence-corrected chi connectivity index (χ4v) is 4.02. The van der Waals surface area contributed by atoms with Gasteiger partial charge >= 0.3 is 5.97 Å². The van der Waals surface area contributed by atoms with Gasteiger partial charge in [-0.3, -0.25) is 9.59 Å². The van der Waals surface area contributed by atoms with Crippen molar-refractivity contribution in [1.29, 1.82) is 0 Å². The van der Waals surface area contributed by atoms with Gasteiger partial charge in [-0.2, -0.15) is 4.72 Å². The minimum atomic E-state index is -3.95. The summed E-state index contributed by atoms with van der Waals surface area (Å²) in [6, 6.07) is 13.3. The maximum Gasteiger partial charge on any atom is 0.321 e. The van der Waals surface area contributed by atoms with E-state index in [9.17, 15) is 18.0 Å². The second-order valence-corrected chi connectivity index (χ2v) is 9.05. The molecule has 31 heavy (non-hydrogen) atoms. The first-order chi connectivity index (χ1) is 14.7. The number of nitrogens with one attached hydrogen (secondary N) is 2. The molecule has 2 aromatic carbocycles. The van der Waals surface area contributed by atoms with E-state index in [1.807, 2.05) is 12.1 Å². The van der Waals surface area contributed by atoms with Crippen molar-refractivity contribution in [3.05, 3.63) is 64.8 Å². The van der Waals surface area contributed by atoms with Gasteiger partial charge in [-0.1, -0.05) is 53.5 Å². The second kappa shape index (κ2) is 9.61. The van der Waals surface area contributed by atoms with Gasteiger partial charge < -0.3 is 10.1 Å². The minimum Gasteiger partial charge on any atom is -0.452 e. The predicted molar refractivity (Wildman–Crippen MR) is 118 cm³/mol. The van der Waals surface area contributed by atoms with Crippen molar-refractivity contribution < 1.29 is 22.7 Å². The van der Waals surface area contributed by atoms with Crippen molar-refractivity contribution in [2.45, 2.75) is 17.9 Å². The lowest BCUT2D eigenvalue weighted by Gasteiger charge is -2.14. The number of ether oxygens (including phenoxy) is 1. The SMILES string of the molecule is C[C@@H](OC(=O)CNS(=O)(=O)c1ccc2ccccc2c1)C(=O)Nc1ncc(Cl)cc1Cl. The number of carbonyl (C=O) groups excluding carboxylic acids is 2. The molecule has 3 aromatic rings. The topological polar surface area (TPSA) is 114 Å². The number of hydrogen-bond donors (Lipinski definition) is 2. The molecule has 11 heteroatoms. The van der Waals surface area contributed by atoms with Gasteiger partial charge in [0, 0.05) is 6.20 Å². The fraction of sp³-hybridized carbons (Fsp3) is 0.150. The van der Waals surface area contributed by atoms with Crippen molar-refractivity contribution in [1.82, 2.24) is 9.71 Å². The van der Waals surface area contributed by atoms with Crippen LogP contribution in [0.3, 0.4) is 0 Å². The molecule has 0 fully saturated rings. The molecule has 1 aromatic heterocycles. The molecule has 0 unspecified atom stereocenters. The zero-order valence-corrected chi connectivity index (χ0v) is 18.5. The highest BCUT2D eigenvalue weighted by Gasteiger charge is 2.22. The van der Waals surface area contributed by atoms with E-state index in [0.29, 0.717) is 5.02 Å². The first-order valence-corrected chi connectivity index (χ1v) is 11.2. The van der Waals surface area contributed by atoms with Crippen LogP contribution in [0.2, 0.25) is 10.0 Å². The highest BCUT2D eigenvalue weighted by atomic mass is 35.5. The Bertz CT molecular complexity index is 1250. The Labute approximate surface area is 188 Å². The van der Waals surface area contributed by atoms with E-state index in [1.165, 1.54) is 31.3 Å². The number of halogens is 2. The summed E-state index contributed by atoms with van der Waals surface area (Å²) in [6.07, 6.45) is 0.0765. The number of amides is 1. The summed E-state index contributed by atoms with van der Waals surface area (Å²) in [7, 11) is -3.95. The van der Waals surface area contributed by atoms with Gasteiger partial charge in [0.05, 0.1) is 14.9 Å². The van der Waals surface area contributed by atoms with Gasteiger partial charge in [0.2, 0.25) is 10.0 Å². The van der Waals surface area contributed by atoms with Crippen molar-refractivity contribution >= 4 is 61.7 Å². The maximum atomic E-state index is 12.5. The Kier molecular flexibility index (Phi) is 7.11. The summed E-state index contributed by atoms with van der Waals surface area (Å²) >= 11 is 11.7. The highest BCUT2D eigenvalue weighted by Crippen LogP contribution is 2.23. The number of fused-ring (bicyclic) bond motifs is 1.